The standard InChI is InChI=1S/C14H17ClN2S/c1-16-8-12(7-14-9-17-10-18-14)5-11-3-2-4-13(15)6-11/h2-4,6,9-10,12,16H,5,7-8H2,1H3. The minimum absolute atomic E-state index is 0.578. The maximum Gasteiger partial charge on any atom is 0.0794 e. The summed E-state index contributed by atoms with van der Waals surface area (Å²) in [6.45, 7) is 1.00. The highest BCUT2D eigenvalue weighted by Crippen LogP contribution is 2.19. The molecule has 1 N–H and O–H groups in total. The molecule has 0 bridgehead atoms. The molecule has 96 valence electrons. The van der Waals surface area contributed by atoms with Gasteiger partial charge in [0.05, 0.1) is 5.51 Å². The van der Waals surface area contributed by atoms with Crippen LogP contribution in [0.25, 0.3) is 0 Å². The molecule has 0 aliphatic rings. The summed E-state index contributed by atoms with van der Waals surface area (Å²) in [5.41, 5.74) is 3.19. The van der Waals surface area contributed by atoms with E-state index in [2.05, 4.69) is 22.4 Å². The quantitative estimate of drug-likeness (QED) is 0.877. The average Bonchev–Trinajstić information content (AvgIpc) is 2.82. The SMILES string of the molecule is CNCC(Cc1cccc(Cl)c1)Cc1cncs1. The van der Waals surface area contributed by atoms with Crippen molar-refractivity contribution in [3.05, 3.63) is 51.4 Å². The lowest BCUT2D eigenvalue weighted by Gasteiger charge is -2.15. The van der Waals surface area contributed by atoms with Gasteiger partial charge in [-0.2, -0.15) is 0 Å². The Kier molecular flexibility index (Phi) is 5.17. The van der Waals surface area contributed by atoms with Crippen molar-refractivity contribution < 1.29 is 0 Å². The molecule has 0 saturated carbocycles. The van der Waals surface area contributed by atoms with Crippen molar-refractivity contribution in [2.24, 2.45) is 5.92 Å². The van der Waals surface area contributed by atoms with E-state index in [9.17, 15) is 0 Å². The van der Waals surface area contributed by atoms with E-state index < -0.39 is 0 Å². The molecular weight excluding hydrogens is 264 g/mol. The van der Waals surface area contributed by atoms with Crippen LogP contribution < -0.4 is 5.32 Å². The Balaban J connectivity index is 2.01. The molecule has 1 heterocycles. The lowest BCUT2D eigenvalue weighted by Crippen LogP contribution is -2.22. The Hall–Kier alpha value is -0.900. The third-order valence-electron chi connectivity index (χ3n) is 2.88. The predicted octanol–water partition coefficient (Wildman–Crippen LogP) is 3.42. The maximum atomic E-state index is 6.02. The van der Waals surface area contributed by atoms with E-state index in [0.29, 0.717) is 5.92 Å². The van der Waals surface area contributed by atoms with E-state index >= 15 is 0 Å². The van der Waals surface area contributed by atoms with E-state index in [4.69, 9.17) is 11.6 Å². The van der Waals surface area contributed by atoms with E-state index in [1.165, 1.54) is 10.4 Å². The molecule has 1 atom stereocenters. The summed E-state index contributed by atoms with van der Waals surface area (Å²) in [6.07, 6.45) is 4.07. The largest absolute Gasteiger partial charge is 0.319 e. The van der Waals surface area contributed by atoms with E-state index in [1.54, 1.807) is 11.3 Å². The van der Waals surface area contributed by atoms with Gasteiger partial charge in [0, 0.05) is 16.1 Å². The molecule has 1 aromatic heterocycles. The summed E-state index contributed by atoms with van der Waals surface area (Å²) >= 11 is 7.75. The Labute approximate surface area is 117 Å². The molecule has 0 aliphatic carbocycles. The maximum absolute atomic E-state index is 6.02. The monoisotopic (exact) mass is 280 g/mol. The topological polar surface area (TPSA) is 24.9 Å². The van der Waals surface area contributed by atoms with Crippen LogP contribution in [-0.4, -0.2) is 18.6 Å². The van der Waals surface area contributed by atoms with Gasteiger partial charge >= 0.3 is 0 Å². The van der Waals surface area contributed by atoms with Crippen molar-refractivity contribution in [1.29, 1.82) is 0 Å². The van der Waals surface area contributed by atoms with Crippen LogP contribution in [0.5, 0.6) is 0 Å². The molecule has 0 amide bonds. The van der Waals surface area contributed by atoms with Crippen molar-refractivity contribution in [2.45, 2.75) is 12.8 Å². The summed E-state index contributed by atoms with van der Waals surface area (Å²) in [5.74, 6) is 0.578. The minimum Gasteiger partial charge on any atom is -0.319 e. The van der Waals surface area contributed by atoms with Gasteiger partial charge < -0.3 is 5.32 Å². The fourth-order valence-electron chi connectivity index (χ4n) is 2.13. The Morgan fingerprint density at radius 1 is 1.39 bits per heavy atom. The van der Waals surface area contributed by atoms with E-state index in [-0.39, 0.29) is 0 Å². The summed E-state index contributed by atoms with van der Waals surface area (Å²) in [4.78, 5) is 5.48. The van der Waals surface area contributed by atoms with Crippen molar-refractivity contribution in [2.75, 3.05) is 13.6 Å². The summed E-state index contributed by atoms with van der Waals surface area (Å²) in [5, 5.41) is 4.08. The van der Waals surface area contributed by atoms with Crippen LogP contribution in [0, 0.1) is 5.92 Å². The molecule has 2 aromatic rings. The van der Waals surface area contributed by atoms with Crippen LogP contribution in [0.3, 0.4) is 0 Å². The molecule has 2 rings (SSSR count). The third kappa shape index (κ3) is 4.09. The second-order valence-electron chi connectivity index (χ2n) is 4.43. The number of hydrogen-bond donors (Lipinski definition) is 1. The predicted molar refractivity (Wildman–Crippen MR) is 78.4 cm³/mol. The van der Waals surface area contributed by atoms with Gasteiger partial charge in [-0.15, -0.1) is 11.3 Å². The number of nitrogens with one attached hydrogen (secondary N) is 1. The van der Waals surface area contributed by atoms with Gasteiger partial charge in [-0.3, -0.25) is 4.98 Å². The molecule has 18 heavy (non-hydrogen) atoms. The smallest absolute Gasteiger partial charge is 0.0794 e. The molecule has 0 saturated heterocycles. The van der Waals surface area contributed by atoms with Crippen LogP contribution in [0.4, 0.5) is 0 Å². The van der Waals surface area contributed by atoms with Crippen LogP contribution >= 0.6 is 22.9 Å². The van der Waals surface area contributed by atoms with Gasteiger partial charge in [0.1, 0.15) is 0 Å². The highest BCUT2D eigenvalue weighted by Gasteiger charge is 2.11. The number of hydrogen-bond acceptors (Lipinski definition) is 3. The van der Waals surface area contributed by atoms with E-state index in [0.717, 1.165) is 24.4 Å². The van der Waals surface area contributed by atoms with Gasteiger partial charge in [0.2, 0.25) is 0 Å². The second-order valence-corrected chi connectivity index (χ2v) is 5.84. The Morgan fingerprint density at radius 3 is 2.94 bits per heavy atom. The van der Waals surface area contributed by atoms with Crippen LogP contribution in [0.1, 0.15) is 10.4 Å². The number of halogens is 1. The molecule has 0 fully saturated rings. The van der Waals surface area contributed by atoms with Crippen molar-refractivity contribution in [1.82, 2.24) is 10.3 Å². The highest BCUT2D eigenvalue weighted by atomic mass is 35.5. The third-order valence-corrected chi connectivity index (χ3v) is 3.92. The molecule has 2 nitrogen and oxygen atoms in total. The number of nitrogens with zero attached hydrogens (tertiary/aromatic N) is 1. The van der Waals surface area contributed by atoms with Gasteiger partial charge in [0.25, 0.3) is 0 Å². The Bertz CT molecular complexity index is 470. The normalized spacial score (nSPS) is 12.6. The first-order valence-corrected chi connectivity index (χ1v) is 7.30. The number of thiazole rings is 1. The highest BCUT2D eigenvalue weighted by molar-refractivity contribution is 7.09. The molecule has 1 unspecified atom stereocenters. The Morgan fingerprint density at radius 2 is 2.28 bits per heavy atom. The molecule has 0 spiro atoms. The fraction of sp³-hybridized carbons (Fsp3) is 0.357. The zero-order valence-corrected chi connectivity index (χ0v) is 12.0. The number of benzene rings is 1. The van der Waals surface area contributed by atoms with E-state index in [1.807, 2.05) is 30.9 Å². The molecule has 1 aromatic carbocycles. The number of rotatable bonds is 6. The number of aromatic nitrogens is 1. The van der Waals surface area contributed by atoms with Crippen molar-refractivity contribution >= 4 is 22.9 Å². The van der Waals surface area contributed by atoms with Gasteiger partial charge in [-0.1, -0.05) is 23.7 Å². The van der Waals surface area contributed by atoms with Crippen LogP contribution in [-0.2, 0) is 12.8 Å². The van der Waals surface area contributed by atoms with Gasteiger partial charge in [0.15, 0.2) is 0 Å². The van der Waals surface area contributed by atoms with Gasteiger partial charge in [-0.25, -0.2) is 0 Å². The first-order valence-electron chi connectivity index (χ1n) is 6.04. The second kappa shape index (κ2) is 6.88. The molecular formula is C14H17ClN2S. The first kappa shape index (κ1) is 13.5. The molecule has 0 aliphatic heterocycles. The summed E-state index contributed by atoms with van der Waals surface area (Å²) in [7, 11) is 2.00. The van der Waals surface area contributed by atoms with Crippen LogP contribution in [0.15, 0.2) is 36.0 Å². The lowest BCUT2D eigenvalue weighted by atomic mass is 9.95. The van der Waals surface area contributed by atoms with Crippen LogP contribution in [0.2, 0.25) is 5.02 Å². The zero-order chi connectivity index (χ0) is 12.8. The minimum atomic E-state index is 0.578. The lowest BCUT2D eigenvalue weighted by molar-refractivity contribution is 0.496. The molecule has 0 radical (unpaired) electrons. The summed E-state index contributed by atoms with van der Waals surface area (Å²) in [6, 6.07) is 8.13. The first-order chi connectivity index (χ1) is 8.78. The zero-order valence-electron chi connectivity index (χ0n) is 10.4. The average molecular weight is 281 g/mol. The van der Waals surface area contributed by atoms with Crippen molar-refractivity contribution in [3.8, 4) is 0 Å². The van der Waals surface area contributed by atoms with Gasteiger partial charge in [-0.05, 0) is 50.0 Å². The summed E-state index contributed by atoms with van der Waals surface area (Å²) < 4.78 is 0. The van der Waals surface area contributed by atoms with Crippen molar-refractivity contribution in [3.63, 3.8) is 0 Å². The fourth-order valence-corrected chi connectivity index (χ4v) is 3.05. The molecule has 4 heteroatoms.